The van der Waals surface area contributed by atoms with Gasteiger partial charge in [0.1, 0.15) is 0 Å². The van der Waals surface area contributed by atoms with Gasteiger partial charge in [-0.15, -0.1) is 0 Å². The van der Waals surface area contributed by atoms with Crippen molar-refractivity contribution in [1.82, 2.24) is 8.61 Å². The predicted octanol–water partition coefficient (Wildman–Crippen LogP) is -0.274. The summed E-state index contributed by atoms with van der Waals surface area (Å²) in [6, 6.07) is 0. The molecule has 0 N–H and O–H groups in total. The smallest absolute Gasteiger partial charge is 0.220 e. The van der Waals surface area contributed by atoms with Crippen molar-refractivity contribution in [2.75, 3.05) is 14.1 Å². The molecule has 0 atom stereocenters. The Morgan fingerprint density at radius 3 is 1.67 bits per heavy atom. The average molecular weight is 148 g/mol. The lowest BCUT2D eigenvalue weighted by molar-refractivity contribution is -0.113. The van der Waals surface area contributed by atoms with Crippen molar-refractivity contribution in [3.05, 3.63) is 0 Å². The van der Waals surface area contributed by atoms with Crippen molar-refractivity contribution < 1.29 is 9.59 Å². The van der Waals surface area contributed by atoms with Gasteiger partial charge in [-0.25, -0.2) is 0 Å². The Morgan fingerprint density at radius 2 is 1.44 bits per heavy atom. The highest BCUT2D eigenvalue weighted by molar-refractivity contribution is 7.95. The number of amides is 2. The SMILES string of the molecule is CN(C=O)SN(C)C=O. The molecule has 0 aliphatic carbocycles. The molecule has 0 fully saturated rings. The van der Waals surface area contributed by atoms with Crippen LogP contribution in [0.2, 0.25) is 0 Å². The normalized spacial score (nSPS) is 8.22. The fourth-order valence-electron chi connectivity index (χ4n) is 0.242. The summed E-state index contributed by atoms with van der Waals surface area (Å²) in [5.74, 6) is 0. The topological polar surface area (TPSA) is 40.6 Å². The first kappa shape index (κ1) is 8.29. The molecule has 0 aromatic heterocycles. The highest BCUT2D eigenvalue weighted by atomic mass is 32.2. The Balaban J connectivity index is 3.45. The molecule has 5 heteroatoms. The Bertz CT molecular complexity index is 96.7. The second-order valence-corrected chi connectivity index (χ2v) is 2.70. The first-order valence-corrected chi connectivity index (χ1v) is 2.98. The van der Waals surface area contributed by atoms with Crippen LogP contribution in [0.15, 0.2) is 0 Å². The molecule has 0 rings (SSSR count). The molecule has 0 saturated heterocycles. The summed E-state index contributed by atoms with van der Waals surface area (Å²) in [6.07, 6.45) is 1.26. The van der Waals surface area contributed by atoms with Gasteiger partial charge >= 0.3 is 0 Å². The van der Waals surface area contributed by atoms with E-state index < -0.39 is 0 Å². The second kappa shape index (κ2) is 4.20. The van der Waals surface area contributed by atoms with E-state index in [1.54, 1.807) is 14.1 Å². The number of hydrogen-bond acceptors (Lipinski definition) is 3. The summed E-state index contributed by atoms with van der Waals surface area (Å²) in [4.78, 5) is 19.8. The summed E-state index contributed by atoms with van der Waals surface area (Å²) in [6.45, 7) is 0. The van der Waals surface area contributed by atoms with Crippen LogP contribution >= 0.6 is 12.1 Å². The molecular formula is C4H8N2O2S. The summed E-state index contributed by atoms with van der Waals surface area (Å²) in [5.41, 5.74) is 0. The van der Waals surface area contributed by atoms with Gasteiger partial charge in [0.25, 0.3) is 0 Å². The van der Waals surface area contributed by atoms with Crippen LogP contribution in [0.5, 0.6) is 0 Å². The molecule has 9 heavy (non-hydrogen) atoms. The zero-order valence-electron chi connectivity index (χ0n) is 5.27. The minimum absolute atomic E-state index is 0.630. The van der Waals surface area contributed by atoms with E-state index >= 15 is 0 Å². The van der Waals surface area contributed by atoms with Crippen molar-refractivity contribution in [2.24, 2.45) is 0 Å². The van der Waals surface area contributed by atoms with Crippen LogP contribution in [0.4, 0.5) is 0 Å². The van der Waals surface area contributed by atoms with Crippen LogP contribution in [-0.2, 0) is 9.59 Å². The van der Waals surface area contributed by atoms with Gasteiger partial charge in [-0.3, -0.25) is 18.2 Å². The van der Waals surface area contributed by atoms with E-state index in [4.69, 9.17) is 0 Å². The lowest BCUT2D eigenvalue weighted by Crippen LogP contribution is -2.16. The van der Waals surface area contributed by atoms with E-state index in [2.05, 4.69) is 0 Å². The zero-order chi connectivity index (χ0) is 7.28. The molecule has 0 aliphatic rings. The third kappa shape index (κ3) is 3.84. The number of carbonyl (C=O) groups excluding carboxylic acids is 2. The highest BCUT2D eigenvalue weighted by Gasteiger charge is 1.97. The van der Waals surface area contributed by atoms with Gasteiger partial charge in [-0.05, 0) is 0 Å². The van der Waals surface area contributed by atoms with Crippen LogP contribution in [0.1, 0.15) is 0 Å². The van der Waals surface area contributed by atoms with E-state index in [1.165, 1.54) is 8.61 Å². The van der Waals surface area contributed by atoms with Gasteiger partial charge in [0.05, 0.1) is 12.1 Å². The monoisotopic (exact) mass is 148 g/mol. The van der Waals surface area contributed by atoms with Gasteiger partial charge in [-0.1, -0.05) is 0 Å². The van der Waals surface area contributed by atoms with Crippen LogP contribution < -0.4 is 0 Å². The minimum Gasteiger partial charge on any atom is -0.278 e. The molecule has 0 aromatic rings. The third-order valence-electron chi connectivity index (χ3n) is 0.554. The molecule has 0 unspecified atom stereocenters. The van der Waals surface area contributed by atoms with Gasteiger partial charge in [-0.2, -0.15) is 0 Å². The largest absolute Gasteiger partial charge is 0.278 e. The first-order valence-electron chi connectivity index (χ1n) is 2.25. The Hall–Kier alpha value is -0.710. The molecular weight excluding hydrogens is 140 g/mol. The molecule has 52 valence electrons. The summed E-state index contributed by atoms with van der Waals surface area (Å²) < 4.78 is 2.57. The molecule has 0 heterocycles. The highest BCUT2D eigenvalue weighted by Crippen LogP contribution is 2.04. The van der Waals surface area contributed by atoms with E-state index in [1.807, 2.05) is 0 Å². The molecule has 0 radical (unpaired) electrons. The maximum Gasteiger partial charge on any atom is 0.220 e. The van der Waals surface area contributed by atoms with Crippen molar-refractivity contribution in [3.8, 4) is 0 Å². The first-order chi connectivity index (χ1) is 4.20. The van der Waals surface area contributed by atoms with E-state index in [0.29, 0.717) is 12.8 Å². The van der Waals surface area contributed by atoms with Gasteiger partial charge in [0.2, 0.25) is 12.8 Å². The van der Waals surface area contributed by atoms with Crippen LogP contribution in [-0.4, -0.2) is 35.5 Å². The van der Waals surface area contributed by atoms with Crippen LogP contribution in [0.25, 0.3) is 0 Å². The maximum atomic E-state index is 9.92. The number of nitrogens with zero attached hydrogens (tertiary/aromatic N) is 2. The van der Waals surface area contributed by atoms with Gasteiger partial charge < -0.3 is 0 Å². The molecule has 0 saturated carbocycles. The van der Waals surface area contributed by atoms with Crippen molar-refractivity contribution in [3.63, 3.8) is 0 Å². The summed E-state index contributed by atoms with van der Waals surface area (Å²) in [7, 11) is 3.13. The fourth-order valence-corrected chi connectivity index (χ4v) is 0.725. The summed E-state index contributed by atoms with van der Waals surface area (Å²) in [5, 5.41) is 0. The molecule has 2 amide bonds. The summed E-state index contributed by atoms with van der Waals surface area (Å²) >= 11 is 1.03. The third-order valence-corrected chi connectivity index (χ3v) is 1.24. The van der Waals surface area contributed by atoms with E-state index in [9.17, 15) is 9.59 Å². The molecule has 0 bridgehead atoms. The van der Waals surface area contributed by atoms with Gasteiger partial charge in [0, 0.05) is 14.1 Å². The molecule has 0 aromatic carbocycles. The van der Waals surface area contributed by atoms with Crippen molar-refractivity contribution in [1.29, 1.82) is 0 Å². The standard InChI is InChI=1S/C4H8N2O2S/c1-5(3-7)9-6(2)4-8/h3-4H,1-2H3. The Morgan fingerprint density at radius 1 is 1.11 bits per heavy atom. The number of hydrogen-bond donors (Lipinski definition) is 0. The molecule has 0 spiro atoms. The van der Waals surface area contributed by atoms with Crippen molar-refractivity contribution in [2.45, 2.75) is 0 Å². The van der Waals surface area contributed by atoms with Crippen LogP contribution in [0.3, 0.4) is 0 Å². The zero-order valence-corrected chi connectivity index (χ0v) is 6.09. The average Bonchev–Trinajstić information content (AvgIpc) is 1.87. The Labute approximate surface area is 58.1 Å². The van der Waals surface area contributed by atoms with E-state index in [-0.39, 0.29) is 0 Å². The minimum atomic E-state index is 0.630. The second-order valence-electron chi connectivity index (χ2n) is 1.38. The lowest BCUT2D eigenvalue weighted by Gasteiger charge is -2.13. The Kier molecular flexibility index (Phi) is 3.87. The number of carbonyl (C=O) groups is 2. The van der Waals surface area contributed by atoms with E-state index in [0.717, 1.165) is 12.1 Å². The molecule has 4 nitrogen and oxygen atoms in total. The number of rotatable bonds is 4. The quantitative estimate of drug-likeness (QED) is 0.407. The fraction of sp³-hybridized carbons (Fsp3) is 0.500. The lowest BCUT2D eigenvalue weighted by atomic mass is 11.2. The van der Waals surface area contributed by atoms with Crippen LogP contribution in [0, 0.1) is 0 Å². The van der Waals surface area contributed by atoms with Crippen molar-refractivity contribution >= 4 is 25.0 Å². The maximum absolute atomic E-state index is 9.92. The molecule has 0 aliphatic heterocycles. The predicted molar refractivity (Wildman–Crippen MR) is 35.2 cm³/mol. The van der Waals surface area contributed by atoms with Gasteiger partial charge in [0.15, 0.2) is 0 Å².